The van der Waals surface area contributed by atoms with E-state index in [1.807, 2.05) is 23.9 Å². The Bertz CT molecular complexity index is 370. The minimum absolute atomic E-state index is 0.659. The summed E-state index contributed by atoms with van der Waals surface area (Å²) in [6.07, 6.45) is 0. The molecule has 0 aromatic heterocycles. The number of nitrogens with two attached hydrogens (primary N) is 1. The molecule has 1 saturated heterocycles. The van der Waals surface area contributed by atoms with Gasteiger partial charge in [-0.3, -0.25) is 4.90 Å². The zero-order valence-electron chi connectivity index (χ0n) is 9.45. The minimum Gasteiger partial charge on any atom is -0.399 e. The third-order valence-corrected chi connectivity index (χ3v) is 4.91. The molecule has 1 aromatic carbocycles. The Kier molecular flexibility index (Phi) is 4.16. The van der Waals surface area contributed by atoms with E-state index in [1.165, 1.54) is 23.6 Å². The predicted octanol–water partition coefficient (Wildman–Crippen LogP) is 2.97. The largest absolute Gasteiger partial charge is 0.399 e. The summed E-state index contributed by atoms with van der Waals surface area (Å²) in [5.74, 6) is 2.48. The van der Waals surface area contributed by atoms with Gasteiger partial charge in [0.25, 0.3) is 0 Å². The van der Waals surface area contributed by atoms with Crippen molar-refractivity contribution in [1.29, 1.82) is 0 Å². The van der Waals surface area contributed by atoms with E-state index in [9.17, 15) is 0 Å². The highest BCUT2D eigenvalue weighted by Gasteiger charge is 2.19. The smallest absolute Gasteiger partial charge is 0.0318 e. The maximum absolute atomic E-state index is 5.82. The number of halogens is 1. The van der Waals surface area contributed by atoms with Crippen molar-refractivity contribution in [3.8, 4) is 0 Å². The number of thioether (sulfide) groups is 1. The SMILES string of the molecule is CC1CSCCN1Cc1cc(N)ccc1Br. The van der Waals surface area contributed by atoms with Crippen molar-refractivity contribution in [2.24, 2.45) is 0 Å². The molecule has 0 bridgehead atoms. The second-order valence-corrected chi connectivity index (χ2v) is 6.25. The van der Waals surface area contributed by atoms with Gasteiger partial charge in [0.1, 0.15) is 0 Å². The van der Waals surface area contributed by atoms with Crippen LogP contribution >= 0.6 is 27.7 Å². The summed E-state index contributed by atoms with van der Waals surface area (Å²) in [6, 6.07) is 6.70. The maximum atomic E-state index is 5.82. The van der Waals surface area contributed by atoms with Gasteiger partial charge in [-0.15, -0.1) is 0 Å². The number of nitrogens with zero attached hydrogens (tertiary/aromatic N) is 1. The summed E-state index contributed by atoms with van der Waals surface area (Å²) in [5, 5.41) is 0. The fourth-order valence-corrected chi connectivity index (χ4v) is 3.39. The standard InChI is InChI=1S/C12H17BrN2S/c1-9-8-16-5-4-15(9)7-10-6-11(14)2-3-12(10)13/h2-3,6,9H,4-5,7-8,14H2,1H3. The minimum atomic E-state index is 0.659. The predicted molar refractivity (Wildman–Crippen MR) is 75.8 cm³/mol. The molecule has 1 aliphatic rings. The van der Waals surface area contributed by atoms with Gasteiger partial charge in [0.05, 0.1) is 0 Å². The normalized spacial score (nSPS) is 22.2. The first kappa shape index (κ1) is 12.3. The molecule has 0 saturated carbocycles. The summed E-state index contributed by atoms with van der Waals surface area (Å²) in [4.78, 5) is 2.52. The molecule has 0 aliphatic carbocycles. The molecular formula is C12H17BrN2S. The Morgan fingerprint density at radius 1 is 1.56 bits per heavy atom. The van der Waals surface area contributed by atoms with Crippen LogP contribution in [0.4, 0.5) is 5.69 Å². The van der Waals surface area contributed by atoms with Crippen LogP contribution in [0.15, 0.2) is 22.7 Å². The summed E-state index contributed by atoms with van der Waals surface area (Å²) in [5.41, 5.74) is 7.96. The van der Waals surface area contributed by atoms with Gasteiger partial charge in [-0.1, -0.05) is 15.9 Å². The number of hydrogen-bond donors (Lipinski definition) is 1. The molecule has 1 unspecified atom stereocenters. The summed E-state index contributed by atoms with van der Waals surface area (Å²) < 4.78 is 1.16. The molecule has 1 fully saturated rings. The van der Waals surface area contributed by atoms with Gasteiger partial charge in [0, 0.05) is 40.8 Å². The van der Waals surface area contributed by atoms with Crippen LogP contribution in [0.5, 0.6) is 0 Å². The van der Waals surface area contributed by atoms with Crippen molar-refractivity contribution in [1.82, 2.24) is 4.90 Å². The van der Waals surface area contributed by atoms with Crippen molar-refractivity contribution < 1.29 is 0 Å². The third kappa shape index (κ3) is 2.93. The van der Waals surface area contributed by atoms with Gasteiger partial charge >= 0.3 is 0 Å². The van der Waals surface area contributed by atoms with E-state index in [2.05, 4.69) is 33.8 Å². The fourth-order valence-electron chi connectivity index (χ4n) is 1.93. The Labute approximate surface area is 110 Å². The maximum Gasteiger partial charge on any atom is 0.0318 e. The van der Waals surface area contributed by atoms with E-state index >= 15 is 0 Å². The Morgan fingerprint density at radius 3 is 3.12 bits per heavy atom. The highest BCUT2D eigenvalue weighted by Crippen LogP contribution is 2.24. The average Bonchev–Trinajstić information content (AvgIpc) is 2.27. The lowest BCUT2D eigenvalue weighted by molar-refractivity contribution is 0.223. The molecule has 1 atom stereocenters. The molecule has 2 N–H and O–H groups in total. The van der Waals surface area contributed by atoms with Gasteiger partial charge in [-0.05, 0) is 30.7 Å². The number of benzene rings is 1. The van der Waals surface area contributed by atoms with Crippen LogP contribution in [0.3, 0.4) is 0 Å². The fraction of sp³-hybridized carbons (Fsp3) is 0.500. The lowest BCUT2D eigenvalue weighted by Crippen LogP contribution is -2.39. The number of nitrogen functional groups attached to an aromatic ring is 1. The Hall–Kier alpha value is -0.190. The molecule has 0 spiro atoms. The molecule has 4 heteroatoms. The molecular weight excluding hydrogens is 284 g/mol. The summed E-state index contributed by atoms with van der Waals surface area (Å²) in [7, 11) is 0. The monoisotopic (exact) mass is 300 g/mol. The molecule has 0 amide bonds. The van der Waals surface area contributed by atoms with Crippen LogP contribution in [0.1, 0.15) is 12.5 Å². The van der Waals surface area contributed by atoms with Crippen molar-refractivity contribution in [3.05, 3.63) is 28.2 Å². The first-order valence-corrected chi connectivity index (χ1v) is 7.47. The third-order valence-electron chi connectivity index (χ3n) is 2.95. The van der Waals surface area contributed by atoms with E-state index in [4.69, 9.17) is 5.73 Å². The topological polar surface area (TPSA) is 29.3 Å². The second-order valence-electron chi connectivity index (χ2n) is 4.25. The van der Waals surface area contributed by atoms with Crippen molar-refractivity contribution in [2.75, 3.05) is 23.8 Å². The Balaban J connectivity index is 2.10. The molecule has 88 valence electrons. The molecule has 16 heavy (non-hydrogen) atoms. The van der Waals surface area contributed by atoms with E-state index in [-0.39, 0.29) is 0 Å². The van der Waals surface area contributed by atoms with Gasteiger partial charge in [-0.2, -0.15) is 11.8 Å². The zero-order valence-corrected chi connectivity index (χ0v) is 11.9. The highest BCUT2D eigenvalue weighted by molar-refractivity contribution is 9.10. The summed E-state index contributed by atoms with van der Waals surface area (Å²) in [6.45, 7) is 4.47. The zero-order chi connectivity index (χ0) is 11.5. The van der Waals surface area contributed by atoms with Crippen LogP contribution in [-0.4, -0.2) is 29.0 Å². The van der Waals surface area contributed by atoms with Gasteiger partial charge in [0.15, 0.2) is 0 Å². The number of hydrogen-bond acceptors (Lipinski definition) is 3. The van der Waals surface area contributed by atoms with Gasteiger partial charge in [0.2, 0.25) is 0 Å². The number of rotatable bonds is 2. The van der Waals surface area contributed by atoms with Crippen LogP contribution in [0, 0.1) is 0 Å². The molecule has 1 aromatic rings. The average molecular weight is 301 g/mol. The lowest BCUT2D eigenvalue weighted by atomic mass is 10.1. The van der Waals surface area contributed by atoms with Gasteiger partial charge in [-0.25, -0.2) is 0 Å². The van der Waals surface area contributed by atoms with Crippen molar-refractivity contribution in [3.63, 3.8) is 0 Å². The molecule has 1 heterocycles. The van der Waals surface area contributed by atoms with Crippen molar-refractivity contribution >= 4 is 33.4 Å². The van der Waals surface area contributed by atoms with E-state index in [0.29, 0.717) is 6.04 Å². The van der Waals surface area contributed by atoms with Crippen LogP contribution in [-0.2, 0) is 6.54 Å². The van der Waals surface area contributed by atoms with Crippen LogP contribution in [0.25, 0.3) is 0 Å². The second kappa shape index (κ2) is 5.43. The molecule has 0 radical (unpaired) electrons. The first-order valence-electron chi connectivity index (χ1n) is 5.52. The molecule has 1 aliphatic heterocycles. The van der Waals surface area contributed by atoms with Gasteiger partial charge < -0.3 is 5.73 Å². The van der Waals surface area contributed by atoms with Crippen LogP contribution < -0.4 is 5.73 Å². The first-order chi connectivity index (χ1) is 7.66. The van der Waals surface area contributed by atoms with E-state index in [0.717, 1.165) is 16.7 Å². The molecule has 2 rings (SSSR count). The number of anilines is 1. The van der Waals surface area contributed by atoms with E-state index < -0.39 is 0 Å². The van der Waals surface area contributed by atoms with Crippen LogP contribution in [0.2, 0.25) is 0 Å². The Morgan fingerprint density at radius 2 is 2.38 bits per heavy atom. The molecule has 2 nitrogen and oxygen atoms in total. The summed E-state index contributed by atoms with van der Waals surface area (Å²) >= 11 is 5.64. The lowest BCUT2D eigenvalue weighted by Gasteiger charge is -2.33. The van der Waals surface area contributed by atoms with Crippen molar-refractivity contribution in [2.45, 2.75) is 19.5 Å². The highest BCUT2D eigenvalue weighted by atomic mass is 79.9. The quantitative estimate of drug-likeness (QED) is 0.852. The van der Waals surface area contributed by atoms with E-state index in [1.54, 1.807) is 0 Å².